The molecule has 1 fully saturated rings. The summed E-state index contributed by atoms with van der Waals surface area (Å²) in [7, 11) is 1.70. The van der Waals surface area contributed by atoms with E-state index >= 15 is 0 Å². The first-order chi connectivity index (χ1) is 11.7. The average Bonchev–Trinajstić information content (AvgIpc) is 2.62. The number of ether oxygens (including phenoxy) is 2. The van der Waals surface area contributed by atoms with Gasteiger partial charge in [-0.2, -0.15) is 0 Å². The molecule has 24 heavy (non-hydrogen) atoms. The molecule has 1 aromatic carbocycles. The molecular weight excluding hydrogens is 363 g/mol. The fourth-order valence-corrected chi connectivity index (χ4v) is 3.62. The summed E-state index contributed by atoms with van der Waals surface area (Å²) < 4.78 is 12.8. The fourth-order valence-electron chi connectivity index (χ4n) is 3.09. The number of benzene rings is 1. The first-order valence-corrected chi connectivity index (χ1v) is 9.70. The van der Waals surface area contributed by atoms with E-state index in [2.05, 4.69) is 16.8 Å². The second-order valence-corrected chi connectivity index (χ2v) is 7.30. The van der Waals surface area contributed by atoms with Gasteiger partial charge in [0.2, 0.25) is 0 Å². The van der Waals surface area contributed by atoms with Crippen LogP contribution in [-0.2, 0) is 0 Å². The zero-order valence-electron chi connectivity index (χ0n) is 14.4. The van der Waals surface area contributed by atoms with Crippen molar-refractivity contribution in [3.05, 3.63) is 36.4 Å². The SMILES string of the molecule is CCN1CCC(Oc2ccc(-c3cccc([AsH2])n3)c(OC)c2)CC1. The molecule has 5 heteroatoms. The van der Waals surface area contributed by atoms with Gasteiger partial charge in [0.05, 0.1) is 0 Å². The minimum atomic E-state index is 0.295. The van der Waals surface area contributed by atoms with Crippen molar-refractivity contribution in [3.63, 3.8) is 0 Å². The minimum absolute atomic E-state index is 0.295. The Morgan fingerprint density at radius 3 is 2.67 bits per heavy atom. The number of likely N-dealkylation sites (tertiary alicyclic amines) is 1. The zero-order valence-corrected chi connectivity index (χ0v) is 16.8. The molecular formula is C19H25AsN2O2. The summed E-state index contributed by atoms with van der Waals surface area (Å²) in [4.78, 5) is 7.08. The van der Waals surface area contributed by atoms with Gasteiger partial charge in [0, 0.05) is 0 Å². The Balaban J connectivity index is 1.75. The Hall–Kier alpha value is -1.51. The molecule has 0 amide bonds. The number of pyridine rings is 1. The van der Waals surface area contributed by atoms with Crippen molar-refractivity contribution in [2.24, 2.45) is 0 Å². The average molecular weight is 388 g/mol. The molecule has 1 unspecified atom stereocenters. The van der Waals surface area contributed by atoms with Crippen LogP contribution < -0.4 is 14.0 Å². The van der Waals surface area contributed by atoms with Gasteiger partial charge < -0.3 is 0 Å². The predicted octanol–water partition coefficient (Wildman–Crippen LogP) is 1.88. The van der Waals surface area contributed by atoms with Crippen molar-refractivity contribution >= 4 is 21.3 Å². The standard InChI is InChI=1S/C19H25AsN2O2/c1-3-22-11-9-14(10-12-22)24-15-7-8-16(18(13-15)23-2)17-5-4-6-19(20)21-17/h4-8,13-14H,3,9-12,20H2,1-2H3. The maximum absolute atomic E-state index is 6.18. The van der Waals surface area contributed by atoms with Gasteiger partial charge in [-0.15, -0.1) is 0 Å². The van der Waals surface area contributed by atoms with Crippen LogP contribution >= 0.6 is 0 Å². The predicted molar refractivity (Wildman–Crippen MR) is 100 cm³/mol. The number of hydrogen-bond donors (Lipinski definition) is 0. The maximum atomic E-state index is 6.18. The van der Waals surface area contributed by atoms with Crippen LogP contribution in [0, 0.1) is 0 Å². The van der Waals surface area contributed by atoms with Gasteiger partial charge in [-0.05, 0) is 6.54 Å². The summed E-state index contributed by atoms with van der Waals surface area (Å²) in [6, 6.07) is 12.1. The topological polar surface area (TPSA) is 34.6 Å². The van der Waals surface area contributed by atoms with E-state index in [4.69, 9.17) is 9.47 Å². The van der Waals surface area contributed by atoms with Crippen molar-refractivity contribution in [3.8, 4) is 22.8 Å². The first-order valence-electron chi connectivity index (χ1n) is 8.49. The second-order valence-electron chi connectivity index (χ2n) is 6.06. The van der Waals surface area contributed by atoms with Crippen LogP contribution in [0.25, 0.3) is 11.3 Å². The van der Waals surface area contributed by atoms with Crippen molar-refractivity contribution in [1.82, 2.24) is 9.88 Å². The molecule has 0 bridgehead atoms. The third-order valence-corrected chi connectivity index (χ3v) is 5.18. The number of methoxy groups -OCH3 is 1. The molecule has 1 aromatic heterocycles. The van der Waals surface area contributed by atoms with Gasteiger partial charge in [-0.3, -0.25) is 0 Å². The van der Waals surface area contributed by atoms with Crippen LogP contribution in [0.2, 0.25) is 0 Å². The number of piperidine rings is 1. The summed E-state index contributed by atoms with van der Waals surface area (Å²) in [5.41, 5.74) is 1.95. The number of hydrogen-bond acceptors (Lipinski definition) is 4. The monoisotopic (exact) mass is 388 g/mol. The third-order valence-electron chi connectivity index (χ3n) is 4.50. The molecule has 3 rings (SSSR count). The van der Waals surface area contributed by atoms with Crippen LogP contribution in [0.5, 0.6) is 11.5 Å². The Morgan fingerprint density at radius 2 is 2.00 bits per heavy atom. The Kier molecular flexibility index (Phi) is 5.80. The number of rotatable bonds is 5. The molecule has 0 N–H and O–H groups in total. The van der Waals surface area contributed by atoms with Crippen molar-refractivity contribution in [2.75, 3.05) is 26.7 Å². The molecule has 0 radical (unpaired) electrons. The van der Waals surface area contributed by atoms with Crippen LogP contribution in [0.1, 0.15) is 19.8 Å². The Bertz CT molecular complexity index is 685. The first kappa shape index (κ1) is 17.3. The van der Waals surface area contributed by atoms with Gasteiger partial charge in [0.15, 0.2) is 0 Å². The molecule has 0 aliphatic carbocycles. The van der Waals surface area contributed by atoms with E-state index in [-0.39, 0.29) is 0 Å². The number of nitrogens with zero attached hydrogens (tertiary/aromatic N) is 2. The molecule has 4 nitrogen and oxygen atoms in total. The summed E-state index contributed by atoms with van der Waals surface area (Å²) in [6.45, 7) is 5.57. The van der Waals surface area contributed by atoms with Gasteiger partial charge in [0.25, 0.3) is 0 Å². The van der Waals surface area contributed by atoms with E-state index in [0.29, 0.717) is 6.10 Å². The quantitative estimate of drug-likeness (QED) is 0.733. The molecule has 128 valence electrons. The zero-order chi connectivity index (χ0) is 16.9. The molecule has 1 aliphatic heterocycles. The molecule has 1 atom stereocenters. The van der Waals surface area contributed by atoms with E-state index in [1.807, 2.05) is 36.4 Å². The normalized spacial score (nSPS) is 16.1. The van der Waals surface area contributed by atoms with Crippen molar-refractivity contribution < 1.29 is 9.47 Å². The van der Waals surface area contributed by atoms with Crippen LogP contribution in [-0.4, -0.2) is 59.6 Å². The Labute approximate surface area is 152 Å². The van der Waals surface area contributed by atoms with Crippen LogP contribution in [0.3, 0.4) is 0 Å². The molecule has 0 saturated carbocycles. The summed E-state index contributed by atoms with van der Waals surface area (Å²) in [5.74, 6) is 1.69. The van der Waals surface area contributed by atoms with E-state index in [1.165, 1.54) is 16.9 Å². The third kappa shape index (κ3) is 4.11. The fraction of sp³-hybridized carbons (Fsp3) is 0.421. The van der Waals surface area contributed by atoms with E-state index in [9.17, 15) is 0 Å². The molecule has 0 spiro atoms. The summed E-state index contributed by atoms with van der Waals surface area (Å²) in [6.07, 6.45) is 2.46. The molecule has 2 heterocycles. The van der Waals surface area contributed by atoms with Crippen molar-refractivity contribution in [2.45, 2.75) is 25.9 Å². The van der Waals surface area contributed by atoms with E-state index in [1.54, 1.807) is 7.11 Å². The van der Waals surface area contributed by atoms with Gasteiger partial charge in [0.1, 0.15) is 0 Å². The van der Waals surface area contributed by atoms with Gasteiger partial charge >= 0.3 is 139 Å². The summed E-state index contributed by atoms with van der Waals surface area (Å²) in [5, 5.41) is 0. The van der Waals surface area contributed by atoms with E-state index < -0.39 is 0 Å². The van der Waals surface area contributed by atoms with Gasteiger partial charge in [-0.25, -0.2) is 0 Å². The van der Waals surface area contributed by atoms with Crippen LogP contribution in [0.4, 0.5) is 0 Å². The van der Waals surface area contributed by atoms with E-state index in [0.717, 1.165) is 59.7 Å². The Morgan fingerprint density at radius 1 is 1.21 bits per heavy atom. The molecule has 1 aliphatic rings. The second kappa shape index (κ2) is 8.04. The molecule has 2 aromatic rings. The summed E-state index contributed by atoms with van der Waals surface area (Å²) >= 11 is 1.52. The van der Waals surface area contributed by atoms with Crippen LogP contribution in [0.15, 0.2) is 36.4 Å². The number of aromatic nitrogens is 1. The van der Waals surface area contributed by atoms with Crippen molar-refractivity contribution in [1.29, 1.82) is 0 Å². The van der Waals surface area contributed by atoms with Gasteiger partial charge in [-0.1, -0.05) is 6.92 Å². The molecule has 1 saturated heterocycles.